The lowest BCUT2D eigenvalue weighted by molar-refractivity contribution is -0.116. The minimum atomic E-state index is -0.628. The van der Waals surface area contributed by atoms with Gasteiger partial charge in [-0.1, -0.05) is 17.7 Å². The van der Waals surface area contributed by atoms with E-state index in [2.05, 4.69) is 26.2 Å². The fourth-order valence-corrected chi connectivity index (χ4v) is 1.94. The zero-order valence-electron chi connectivity index (χ0n) is 10.6. The molecule has 0 aliphatic rings. The van der Waals surface area contributed by atoms with Gasteiger partial charge in [-0.3, -0.25) is 19.1 Å². The average Bonchev–Trinajstić information content (AvgIpc) is 2.39. The van der Waals surface area contributed by atoms with E-state index in [1.807, 2.05) is 19.1 Å². The number of benzene rings is 1. The number of amides is 1. The Morgan fingerprint density at radius 3 is 2.60 bits per heavy atom. The normalized spacial score (nSPS) is 10.3. The molecular weight excluding hydrogens is 326 g/mol. The molecule has 7 heteroatoms. The molecule has 0 aliphatic carbocycles. The fourth-order valence-electron chi connectivity index (χ4n) is 1.59. The molecule has 2 aromatic rings. The molecule has 20 heavy (non-hydrogen) atoms. The topological polar surface area (TPSA) is 84.0 Å². The van der Waals surface area contributed by atoms with Gasteiger partial charge in [0.15, 0.2) is 0 Å². The summed E-state index contributed by atoms with van der Waals surface area (Å²) in [6, 6.07) is 7.30. The van der Waals surface area contributed by atoms with Crippen LogP contribution in [0.25, 0.3) is 0 Å². The third-order valence-electron chi connectivity index (χ3n) is 2.62. The monoisotopic (exact) mass is 337 g/mol. The summed E-state index contributed by atoms with van der Waals surface area (Å²) >= 11 is 3.01. The summed E-state index contributed by atoms with van der Waals surface area (Å²) in [4.78, 5) is 36.7. The van der Waals surface area contributed by atoms with Gasteiger partial charge >= 0.3 is 5.69 Å². The maximum atomic E-state index is 11.8. The third-order valence-corrected chi connectivity index (χ3v) is 3.18. The Bertz CT molecular complexity index is 747. The number of rotatable bonds is 3. The highest BCUT2D eigenvalue weighted by atomic mass is 79.9. The molecule has 0 saturated carbocycles. The molecule has 1 amide bonds. The van der Waals surface area contributed by atoms with Crippen LogP contribution in [0.1, 0.15) is 5.56 Å². The molecule has 0 aliphatic heterocycles. The summed E-state index contributed by atoms with van der Waals surface area (Å²) in [6.45, 7) is 1.77. The first-order valence-corrected chi connectivity index (χ1v) is 6.61. The maximum Gasteiger partial charge on any atom is 0.328 e. The van der Waals surface area contributed by atoms with E-state index in [0.29, 0.717) is 5.69 Å². The predicted octanol–water partition coefficient (Wildman–Crippen LogP) is 1.25. The number of nitrogens with zero attached hydrogens (tertiary/aromatic N) is 1. The predicted molar refractivity (Wildman–Crippen MR) is 78.8 cm³/mol. The van der Waals surface area contributed by atoms with E-state index in [-0.39, 0.29) is 16.9 Å². The van der Waals surface area contributed by atoms with Crippen molar-refractivity contribution in [3.05, 3.63) is 61.3 Å². The van der Waals surface area contributed by atoms with Gasteiger partial charge in [0.1, 0.15) is 6.54 Å². The Morgan fingerprint density at radius 2 is 1.95 bits per heavy atom. The van der Waals surface area contributed by atoms with E-state index < -0.39 is 11.2 Å². The lowest BCUT2D eigenvalue weighted by Crippen LogP contribution is -2.33. The van der Waals surface area contributed by atoms with Gasteiger partial charge in [0.2, 0.25) is 5.91 Å². The molecule has 1 aromatic carbocycles. The summed E-state index contributed by atoms with van der Waals surface area (Å²) < 4.78 is 1.31. The molecular formula is C13H12BrN3O3. The summed E-state index contributed by atoms with van der Waals surface area (Å²) in [5.41, 5.74) is 0.586. The van der Waals surface area contributed by atoms with Crippen molar-refractivity contribution < 1.29 is 4.79 Å². The molecule has 0 bridgehead atoms. The van der Waals surface area contributed by atoms with Gasteiger partial charge in [0, 0.05) is 11.9 Å². The average molecular weight is 338 g/mol. The second-order valence-electron chi connectivity index (χ2n) is 4.28. The van der Waals surface area contributed by atoms with Crippen LogP contribution < -0.4 is 16.6 Å². The van der Waals surface area contributed by atoms with Crippen LogP contribution in [0.3, 0.4) is 0 Å². The van der Waals surface area contributed by atoms with Crippen LogP contribution in [0.15, 0.2) is 44.5 Å². The van der Waals surface area contributed by atoms with Gasteiger partial charge in [-0.15, -0.1) is 0 Å². The fraction of sp³-hybridized carbons (Fsp3) is 0.154. The Balaban J connectivity index is 2.12. The number of aromatic nitrogens is 2. The molecule has 2 rings (SSSR count). The lowest BCUT2D eigenvalue weighted by Gasteiger charge is -2.07. The SMILES string of the molecule is Cc1ccc(NC(=O)Cn2cc(Br)c(=O)[nH]c2=O)cc1. The molecule has 0 radical (unpaired) electrons. The van der Waals surface area contributed by atoms with Gasteiger partial charge in [0.05, 0.1) is 4.47 Å². The first kappa shape index (κ1) is 14.3. The number of aryl methyl sites for hydroxylation is 1. The van der Waals surface area contributed by atoms with Gasteiger partial charge in [-0.05, 0) is 35.0 Å². The number of anilines is 1. The van der Waals surface area contributed by atoms with E-state index in [1.165, 1.54) is 6.20 Å². The summed E-state index contributed by atoms with van der Waals surface area (Å²) in [5, 5.41) is 2.67. The van der Waals surface area contributed by atoms with Crippen molar-refractivity contribution in [2.45, 2.75) is 13.5 Å². The molecule has 6 nitrogen and oxygen atoms in total. The number of hydrogen-bond donors (Lipinski definition) is 2. The van der Waals surface area contributed by atoms with Gasteiger partial charge in [-0.2, -0.15) is 0 Å². The molecule has 0 fully saturated rings. The van der Waals surface area contributed by atoms with Crippen molar-refractivity contribution in [2.75, 3.05) is 5.32 Å². The van der Waals surface area contributed by atoms with Crippen molar-refractivity contribution in [1.29, 1.82) is 0 Å². The van der Waals surface area contributed by atoms with Crippen LogP contribution in [0.4, 0.5) is 5.69 Å². The largest absolute Gasteiger partial charge is 0.328 e. The maximum absolute atomic E-state index is 11.8. The lowest BCUT2D eigenvalue weighted by atomic mass is 10.2. The van der Waals surface area contributed by atoms with Crippen LogP contribution in [0.2, 0.25) is 0 Å². The highest BCUT2D eigenvalue weighted by Gasteiger charge is 2.07. The van der Waals surface area contributed by atoms with E-state index >= 15 is 0 Å². The van der Waals surface area contributed by atoms with Gasteiger partial charge in [-0.25, -0.2) is 4.79 Å². The number of hydrogen-bond acceptors (Lipinski definition) is 3. The Labute approximate surface area is 122 Å². The van der Waals surface area contributed by atoms with Crippen LogP contribution in [-0.2, 0) is 11.3 Å². The van der Waals surface area contributed by atoms with Crippen molar-refractivity contribution in [1.82, 2.24) is 9.55 Å². The molecule has 0 atom stereocenters. The standard InChI is InChI=1S/C13H12BrN3O3/c1-8-2-4-9(5-3-8)15-11(18)7-17-6-10(14)12(19)16-13(17)20/h2-6H,7H2,1H3,(H,15,18)(H,16,19,20). The molecule has 104 valence electrons. The molecule has 1 heterocycles. The number of H-pyrrole nitrogens is 1. The molecule has 0 unspecified atom stereocenters. The Hall–Kier alpha value is -2.15. The molecule has 2 N–H and O–H groups in total. The van der Waals surface area contributed by atoms with Gasteiger partial charge in [0.25, 0.3) is 5.56 Å². The number of carbonyl (C=O) groups is 1. The summed E-state index contributed by atoms with van der Waals surface area (Å²) in [6.07, 6.45) is 1.29. The first-order chi connectivity index (χ1) is 9.45. The van der Waals surface area contributed by atoms with Crippen molar-refractivity contribution in [3.8, 4) is 0 Å². The number of nitrogens with one attached hydrogen (secondary N) is 2. The van der Waals surface area contributed by atoms with Crippen molar-refractivity contribution >= 4 is 27.5 Å². The second kappa shape index (κ2) is 5.87. The van der Waals surface area contributed by atoms with E-state index in [9.17, 15) is 14.4 Å². The first-order valence-electron chi connectivity index (χ1n) is 5.81. The summed E-state index contributed by atoms with van der Waals surface area (Å²) in [5.74, 6) is -0.352. The number of halogens is 1. The van der Waals surface area contributed by atoms with Crippen molar-refractivity contribution in [3.63, 3.8) is 0 Å². The van der Waals surface area contributed by atoms with E-state index in [0.717, 1.165) is 10.1 Å². The van der Waals surface area contributed by atoms with Crippen molar-refractivity contribution in [2.24, 2.45) is 0 Å². The van der Waals surface area contributed by atoms with Crippen LogP contribution >= 0.6 is 15.9 Å². The highest BCUT2D eigenvalue weighted by molar-refractivity contribution is 9.10. The molecule has 1 aromatic heterocycles. The van der Waals surface area contributed by atoms with Gasteiger partial charge < -0.3 is 5.32 Å². The number of carbonyl (C=O) groups excluding carboxylic acids is 1. The van der Waals surface area contributed by atoms with E-state index in [4.69, 9.17) is 0 Å². The number of aromatic amines is 1. The molecule has 0 saturated heterocycles. The Kier molecular flexibility index (Phi) is 4.19. The molecule has 0 spiro atoms. The zero-order valence-corrected chi connectivity index (χ0v) is 12.2. The van der Waals surface area contributed by atoms with Crippen LogP contribution in [0.5, 0.6) is 0 Å². The minimum absolute atomic E-state index is 0.178. The minimum Gasteiger partial charge on any atom is -0.325 e. The van der Waals surface area contributed by atoms with Crippen LogP contribution in [-0.4, -0.2) is 15.5 Å². The Morgan fingerprint density at radius 1 is 1.30 bits per heavy atom. The second-order valence-corrected chi connectivity index (χ2v) is 5.13. The zero-order chi connectivity index (χ0) is 14.7. The quantitative estimate of drug-likeness (QED) is 0.883. The third kappa shape index (κ3) is 3.45. The van der Waals surface area contributed by atoms with E-state index in [1.54, 1.807) is 12.1 Å². The summed E-state index contributed by atoms with van der Waals surface area (Å²) in [7, 11) is 0. The van der Waals surface area contributed by atoms with Crippen LogP contribution in [0, 0.1) is 6.92 Å². The smallest absolute Gasteiger partial charge is 0.325 e. The highest BCUT2D eigenvalue weighted by Crippen LogP contribution is 2.08.